The van der Waals surface area contributed by atoms with Crippen LogP contribution in [0.3, 0.4) is 0 Å². The fourth-order valence-corrected chi connectivity index (χ4v) is 0.957. The first-order valence-corrected chi connectivity index (χ1v) is 4.14. The van der Waals surface area contributed by atoms with Crippen LogP contribution in [0.5, 0.6) is 0 Å². The minimum Gasteiger partial charge on any atom is -0.481 e. The molecule has 0 aromatic rings. The van der Waals surface area contributed by atoms with Crippen LogP contribution < -0.4 is 5.73 Å². The predicted octanol–water partition coefficient (Wildman–Crippen LogP) is 1.37. The molecule has 0 unspecified atom stereocenters. The Balaban J connectivity index is 0.000000187. The lowest BCUT2D eigenvalue weighted by Gasteiger charge is -1.92. The maximum absolute atomic E-state index is 9.37. The average molecular weight is 159 g/mol. The Labute approximate surface area is 67.6 Å². The normalized spacial score (nSPS) is 17.3. The van der Waals surface area contributed by atoms with Crippen molar-refractivity contribution in [2.45, 2.75) is 45.1 Å². The van der Waals surface area contributed by atoms with Crippen LogP contribution in [0.1, 0.15) is 39.0 Å². The van der Waals surface area contributed by atoms with Crippen LogP contribution in [0.15, 0.2) is 0 Å². The van der Waals surface area contributed by atoms with Gasteiger partial charge in [0.15, 0.2) is 0 Å². The van der Waals surface area contributed by atoms with Gasteiger partial charge in [0.2, 0.25) is 0 Å². The third-order valence-electron chi connectivity index (χ3n) is 1.70. The molecule has 3 heteroatoms. The topological polar surface area (TPSA) is 63.3 Å². The number of hydrogen-bond acceptors (Lipinski definition) is 2. The van der Waals surface area contributed by atoms with Gasteiger partial charge >= 0.3 is 5.97 Å². The number of aliphatic carboxylic acids is 1. The van der Waals surface area contributed by atoms with Crippen molar-refractivity contribution in [3.63, 3.8) is 0 Å². The van der Waals surface area contributed by atoms with E-state index in [1.54, 1.807) is 6.92 Å². The fourth-order valence-electron chi connectivity index (χ4n) is 0.957. The third-order valence-corrected chi connectivity index (χ3v) is 1.70. The lowest BCUT2D eigenvalue weighted by molar-refractivity contribution is -0.136. The number of hydrogen-bond donors (Lipinski definition) is 2. The molecule has 0 amide bonds. The largest absolute Gasteiger partial charge is 0.481 e. The van der Waals surface area contributed by atoms with E-state index in [-0.39, 0.29) is 6.42 Å². The zero-order valence-electron chi connectivity index (χ0n) is 7.05. The first-order chi connectivity index (χ1) is 5.16. The molecule has 0 aliphatic heterocycles. The van der Waals surface area contributed by atoms with E-state index in [1.807, 2.05) is 0 Å². The molecular formula is C8H17NO2. The maximum Gasteiger partial charge on any atom is 0.303 e. The van der Waals surface area contributed by atoms with Gasteiger partial charge in [0.1, 0.15) is 0 Å². The smallest absolute Gasteiger partial charge is 0.303 e. The highest BCUT2D eigenvalue weighted by Crippen LogP contribution is 2.14. The van der Waals surface area contributed by atoms with Crippen LogP contribution >= 0.6 is 0 Å². The molecule has 66 valence electrons. The fraction of sp³-hybridized carbons (Fsp3) is 0.875. The zero-order valence-corrected chi connectivity index (χ0v) is 7.05. The predicted molar refractivity (Wildman–Crippen MR) is 44.4 cm³/mol. The van der Waals surface area contributed by atoms with Crippen LogP contribution in [0.2, 0.25) is 0 Å². The number of carboxylic acid groups (broad SMARTS) is 1. The molecule has 11 heavy (non-hydrogen) atoms. The number of rotatable bonds is 1. The molecule has 0 spiro atoms. The minimum absolute atomic E-state index is 0.222. The molecule has 0 atom stereocenters. The average Bonchev–Trinajstić information content (AvgIpc) is 2.41. The van der Waals surface area contributed by atoms with Gasteiger partial charge in [0, 0.05) is 12.5 Å². The van der Waals surface area contributed by atoms with Gasteiger partial charge in [-0.1, -0.05) is 19.8 Å². The van der Waals surface area contributed by atoms with Crippen molar-refractivity contribution in [1.82, 2.24) is 0 Å². The van der Waals surface area contributed by atoms with E-state index in [9.17, 15) is 4.79 Å². The molecule has 1 aliphatic carbocycles. The van der Waals surface area contributed by atoms with Crippen LogP contribution in [0.4, 0.5) is 0 Å². The van der Waals surface area contributed by atoms with E-state index in [0.717, 1.165) is 0 Å². The highest BCUT2D eigenvalue weighted by molar-refractivity contribution is 5.66. The first kappa shape index (κ1) is 10.4. The summed E-state index contributed by atoms with van der Waals surface area (Å²) in [4.78, 5) is 9.37. The molecule has 3 N–H and O–H groups in total. The summed E-state index contributed by atoms with van der Waals surface area (Å²) in [6, 6.07) is 0.546. The zero-order chi connectivity index (χ0) is 8.69. The summed E-state index contributed by atoms with van der Waals surface area (Å²) in [5.74, 6) is -0.745. The van der Waals surface area contributed by atoms with Crippen LogP contribution in [-0.4, -0.2) is 17.1 Å². The number of nitrogens with two attached hydrogens (primary N) is 1. The van der Waals surface area contributed by atoms with Gasteiger partial charge in [-0.25, -0.2) is 0 Å². The summed E-state index contributed by atoms with van der Waals surface area (Å²) in [6.07, 6.45) is 5.47. The van der Waals surface area contributed by atoms with E-state index < -0.39 is 5.97 Å². The van der Waals surface area contributed by atoms with E-state index in [0.29, 0.717) is 6.04 Å². The molecule has 0 aromatic heterocycles. The van der Waals surface area contributed by atoms with Crippen molar-refractivity contribution >= 4 is 5.97 Å². The van der Waals surface area contributed by atoms with Gasteiger partial charge < -0.3 is 10.8 Å². The van der Waals surface area contributed by atoms with Gasteiger partial charge in [-0.15, -0.1) is 0 Å². The summed E-state index contributed by atoms with van der Waals surface area (Å²) in [6.45, 7) is 1.60. The molecule has 0 bridgehead atoms. The van der Waals surface area contributed by atoms with Crippen LogP contribution in [0, 0.1) is 0 Å². The third kappa shape index (κ3) is 7.33. The monoisotopic (exact) mass is 159 g/mol. The summed E-state index contributed by atoms with van der Waals surface area (Å²) in [5.41, 5.74) is 5.53. The Morgan fingerprint density at radius 2 is 1.91 bits per heavy atom. The van der Waals surface area contributed by atoms with Crippen LogP contribution in [0.25, 0.3) is 0 Å². The lowest BCUT2D eigenvalue weighted by atomic mass is 10.3. The summed E-state index contributed by atoms with van der Waals surface area (Å²) < 4.78 is 0. The van der Waals surface area contributed by atoms with E-state index in [1.165, 1.54) is 25.7 Å². The molecular weight excluding hydrogens is 142 g/mol. The van der Waals surface area contributed by atoms with Gasteiger partial charge in [-0.2, -0.15) is 0 Å². The Kier molecular flexibility index (Phi) is 5.84. The SMILES string of the molecule is CCC(=O)O.NC1CCCC1. The van der Waals surface area contributed by atoms with Crippen molar-refractivity contribution in [3.05, 3.63) is 0 Å². The van der Waals surface area contributed by atoms with Crippen molar-refractivity contribution in [3.8, 4) is 0 Å². The molecule has 1 aliphatic rings. The summed E-state index contributed by atoms with van der Waals surface area (Å²) >= 11 is 0. The van der Waals surface area contributed by atoms with Gasteiger partial charge in [-0.05, 0) is 12.8 Å². The summed E-state index contributed by atoms with van der Waals surface area (Å²) in [7, 11) is 0. The van der Waals surface area contributed by atoms with E-state index >= 15 is 0 Å². The van der Waals surface area contributed by atoms with Gasteiger partial charge in [-0.3, -0.25) is 4.79 Å². The Morgan fingerprint density at radius 1 is 1.55 bits per heavy atom. The number of carbonyl (C=O) groups is 1. The second-order valence-corrected chi connectivity index (χ2v) is 2.79. The Bertz CT molecular complexity index is 109. The molecule has 0 saturated heterocycles. The molecule has 1 rings (SSSR count). The highest BCUT2D eigenvalue weighted by atomic mass is 16.4. The van der Waals surface area contributed by atoms with Crippen molar-refractivity contribution in [1.29, 1.82) is 0 Å². The standard InChI is InChI=1S/C5H11N.C3H6O2/c6-5-3-1-2-4-5;1-2-3(4)5/h5H,1-4,6H2;2H2,1H3,(H,4,5). The molecule has 0 aromatic carbocycles. The molecule has 1 fully saturated rings. The highest BCUT2D eigenvalue weighted by Gasteiger charge is 2.07. The summed E-state index contributed by atoms with van der Waals surface area (Å²) in [5, 5.41) is 7.72. The van der Waals surface area contributed by atoms with Crippen molar-refractivity contribution in [2.24, 2.45) is 5.73 Å². The first-order valence-electron chi connectivity index (χ1n) is 4.14. The van der Waals surface area contributed by atoms with Crippen molar-refractivity contribution in [2.75, 3.05) is 0 Å². The Hall–Kier alpha value is -0.570. The molecule has 3 nitrogen and oxygen atoms in total. The molecule has 0 radical (unpaired) electrons. The maximum atomic E-state index is 9.37. The molecule has 0 heterocycles. The van der Waals surface area contributed by atoms with Gasteiger partial charge in [0.25, 0.3) is 0 Å². The van der Waals surface area contributed by atoms with Gasteiger partial charge in [0.05, 0.1) is 0 Å². The quantitative estimate of drug-likeness (QED) is 0.607. The van der Waals surface area contributed by atoms with E-state index in [2.05, 4.69) is 0 Å². The lowest BCUT2D eigenvalue weighted by Crippen LogP contribution is -2.13. The second-order valence-electron chi connectivity index (χ2n) is 2.79. The van der Waals surface area contributed by atoms with Crippen LogP contribution in [-0.2, 0) is 4.79 Å². The Morgan fingerprint density at radius 3 is 2.00 bits per heavy atom. The second kappa shape index (κ2) is 6.16. The minimum atomic E-state index is -0.745. The number of carboxylic acids is 1. The molecule has 1 saturated carbocycles. The van der Waals surface area contributed by atoms with E-state index in [4.69, 9.17) is 10.8 Å². The van der Waals surface area contributed by atoms with Crippen molar-refractivity contribution < 1.29 is 9.90 Å².